The van der Waals surface area contributed by atoms with Gasteiger partial charge in [0.15, 0.2) is 5.96 Å². The maximum Gasteiger partial charge on any atom is 0.191 e. The predicted octanol–water partition coefficient (Wildman–Crippen LogP) is 3.08. The highest BCUT2D eigenvalue weighted by Gasteiger charge is 2.19. The summed E-state index contributed by atoms with van der Waals surface area (Å²) in [6.45, 7) is 11.5. The molecule has 0 fully saturated rings. The SMILES string of the molecule is CCCCCCNC(=NCC(C)(C)N(C)C)NCC.I. The highest BCUT2D eigenvalue weighted by molar-refractivity contribution is 14.0. The first kappa shape index (κ1) is 22.2. The monoisotopic (exact) mass is 398 g/mol. The van der Waals surface area contributed by atoms with E-state index < -0.39 is 0 Å². The molecule has 0 aromatic rings. The van der Waals surface area contributed by atoms with E-state index in [2.05, 4.69) is 62.3 Å². The number of nitrogens with zero attached hydrogens (tertiary/aromatic N) is 2. The fourth-order valence-corrected chi connectivity index (χ4v) is 1.51. The number of halogens is 1. The number of hydrogen-bond donors (Lipinski definition) is 2. The van der Waals surface area contributed by atoms with E-state index in [9.17, 15) is 0 Å². The second kappa shape index (κ2) is 12.7. The maximum absolute atomic E-state index is 4.68. The number of likely N-dealkylation sites (N-methyl/N-ethyl adjacent to an activating group) is 1. The predicted molar refractivity (Wildman–Crippen MR) is 101 cm³/mol. The van der Waals surface area contributed by atoms with E-state index in [4.69, 9.17) is 0 Å². The first-order chi connectivity index (χ1) is 8.94. The van der Waals surface area contributed by atoms with E-state index in [0.29, 0.717) is 0 Å². The van der Waals surface area contributed by atoms with Crippen LogP contribution in [0.3, 0.4) is 0 Å². The van der Waals surface area contributed by atoms with Crippen molar-refractivity contribution in [3.8, 4) is 0 Å². The smallest absolute Gasteiger partial charge is 0.191 e. The lowest BCUT2D eigenvalue weighted by Crippen LogP contribution is -2.43. The van der Waals surface area contributed by atoms with Crippen molar-refractivity contribution in [1.29, 1.82) is 0 Å². The van der Waals surface area contributed by atoms with Crippen LogP contribution >= 0.6 is 24.0 Å². The third kappa shape index (κ3) is 10.7. The molecule has 0 aliphatic heterocycles. The molecule has 0 bridgehead atoms. The molecule has 0 aliphatic rings. The number of hydrogen-bond acceptors (Lipinski definition) is 2. The van der Waals surface area contributed by atoms with Gasteiger partial charge in [-0.2, -0.15) is 0 Å². The first-order valence-electron chi connectivity index (χ1n) is 7.63. The summed E-state index contributed by atoms with van der Waals surface area (Å²) >= 11 is 0. The molecule has 0 unspecified atom stereocenters. The lowest BCUT2D eigenvalue weighted by atomic mass is 10.1. The van der Waals surface area contributed by atoms with Crippen molar-refractivity contribution in [2.45, 2.75) is 58.9 Å². The molecule has 0 amide bonds. The van der Waals surface area contributed by atoms with E-state index in [0.717, 1.165) is 25.6 Å². The van der Waals surface area contributed by atoms with Gasteiger partial charge in [-0.1, -0.05) is 26.2 Å². The van der Waals surface area contributed by atoms with Crippen LogP contribution in [0, 0.1) is 0 Å². The van der Waals surface area contributed by atoms with Gasteiger partial charge in [-0.05, 0) is 41.3 Å². The minimum Gasteiger partial charge on any atom is -0.357 e. The van der Waals surface area contributed by atoms with Crippen LogP contribution in [0.1, 0.15) is 53.4 Å². The fourth-order valence-electron chi connectivity index (χ4n) is 1.51. The summed E-state index contributed by atoms with van der Waals surface area (Å²) < 4.78 is 0. The third-order valence-corrected chi connectivity index (χ3v) is 3.50. The summed E-state index contributed by atoms with van der Waals surface area (Å²) in [6, 6.07) is 0. The Balaban J connectivity index is 0. The van der Waals surface area contributed by atoms with Gasteiger partial charge in [0.05, 0.1) is 6.54 Å². The lowest BCUT2D eigenvalue weighted by molar-refractivity contribution is 0.204. The molecule has 0 aromatic carbocycles. The average molecular weight is 398 g/mol. The van der Waals surface area contributed by atoms with E-state index >= 15 is 0 Å². The Morgan fingerprint density at radius 3 is 2.20 bits per heavy atom. The molecular weight excluding hydrogens is 363 g/mol. The number of guanidine groups is 1. The van der Waals surface area contributed by atoms with Gasteiger partial charge in [-0.3, -0.25) is 4.99 Å². The van der Waals surface area contributed by atoms with Crippen LogP contribution in [0.4, 0.5) is 0 Å². The molecule has 0 rings (SSSR count). The van der Waals surface area contributed by atoms with Crippen LogP contribution in [-0.4, -0.2) is 50.1 Å². The normalized spacial score (nSPS) is 12.2. The summed E-state index contributed by atoms with van der Waals surface area (Å²) in [4.78, 5) is 6.89. The molecule has 0 aromatic heterocycles. The Morgan fingerprint density at radius 1 is 1.05 bits per heavy atom. The minimum absolute atomic E-state index is 0. The maximum atomic E-state index is 4.68. The molecule has 122 valence electrons. The molecular formula is C15H35IN4. The Morgan fingerprint density at radius 2 is 1.70 bits per heavy atom. The van der Waals surface area contributed by atoms with Gasteiger partial charge in [0.2, 0.25) is 0 Å². The van der Waals surface area contributed by atoms with Crippen molar-refractivity contribution in [3.05, 3.63) is 0 Å². The number of aliphatic imine (C=N–C) groups is 1. The number of rotatable bonds is 9. The van der Waals surface area contributed by atoms with Crippen molar-refractivity contribution in [2.24, 2.45) is 4.99 Å². The minimum atomic E-state index is 0. The van der Waals surface area contributed by atoms with E-state index in [1.54, 1.807) is 0 Å². The Bertz CT molecular complexity index is 252. The van der Waals surface area contributed by atoms with Crippen LogP contribution in [-0.2, 0) is 0 Å². The molecule has 20 heavy (non-hydrogen) atoms. The van der Waals surface area contributed by atoms with E-state index in [-0.39, 0.29) is 29.5 Å². The molecule has 0 saturated carbocycles. The summed E-state index contributed by atoms with van der Waals surface area (Å²) in [5.74, 6) is 0.939. The zero-order chi connectivity index (χ0) is 14.7. The van der Waals surface area contributed by atoms with Gasteiger partial charge in [0, 0.05) is 18.6 Å². The number of unbranched alkanes of at least 4 members (excludes halogenated alkanes) is 3. The molecule has 0 aliphatic carbocycles. The second-order valence-electron chi connectivity index (χ2n) is 5.89. The van der Waals surface area contributed by atoms with Crippen LogP contribution in [0.5, 0.6) is 0 Å². The summed E-state index contributed by atoms with van der Waals surface area (Å²) in [5, 5.41) is 6.72. The lowest BCUT2D eigenvalue weighted by Gasteiger charge is -2.31. The van der Waals surface area contributed by atoms with Crippen molar-refractivity contribution in [2.75, 3.05) is 33.7 Å². The summed E-state index contributed by atoms with van der Waals surface area (Å²) in [5.41, 5.74) is 0.0879. The van der Waals surface area contributed by atoms with E-state index in [1.165, 1.54) is 25.7 Å². The largest absolute Gasteiger partial charge is 0.357 e. The van der Waals surface area contributed by atoms with Gasteiger partial charge in [0.1, 0.15) is 0 Å². The van der Waals surface area contributed by atoms with Crippen LogP contribution in [0.25, 0.3) is 0 Å². The highest BCUT2D eigenvalue weighted by Crippen LogP contribution is 2.09. The van der Waals surface area contributed by atoms with Crippen LogP contribution < -0.4 is 10.6 Å². The van der Waals surface area contributed by atoms with Crippen molar-refractivity contribution >= 4 is 29.9 Å². The Hall–Kier alpha value is -0.0400. The standard InChI is InChI=1S/C15H34N4.HI/c1-7-9-10-11-12-17-14(16-8-2)18-13-15(3,4)19(5)6;/h7-13H2,1-6H3,(H2,16,17,18);1H. The molecule has 0 atom stereocenters. The van der Waals surface area contributed by atoms with Crippen molar-refractivity contribution in [3.63, 3.8) is 0 Å². The van der Waals surface area contributed by atoms with Crippen LogP contribution in [0.2, 0.25) is 0 Å². The van der Waals surface area contributed by atoms with Crippen LogP contribution in [0.15, 0.2) is 4.99 Å². The highest BCUT2D eigenvalue weighted by atomic mass is 127. The van der Waals surface area contributed by atoms with Gasteiger partial charge in [-0.25, -0.2) is 0 Å². The second-order valence-corrected chi connectivity index (χ2v) is 5.89. The zero-order valence-electron chi connectivity index (χ0n) is 14.3. The molecule has 5 heteroatoms. The summed E-state index contributed by atoms with van der Waals surface area (Å²) in [6.07, 6.45) is 5.12. The summed E-state index contributed by atoms with van der Waals surface area (Å²) in [7, 11) is 4.20. The molecule has 0 saturated heterocycles. The van der Waals surface area contributed by atoms with Gasteiger partial charge in [-0.15, -0.1) is 24.0 Å². The van der Waals surface area contributed by atoms with Gasteiger partial charge >= 0.3 is 0 Å². The van der Waals surface area contributed by atoms with Crippen molar-refractivity contribution in [1.82, 2.24) is 15.5 Å². The Labute approximate surface area is 143 Å². The zero-order valence-corrected chi connectivity index (χ0v) is 16.6. The molecule has 2 N–H and O–H groups in total. The first-order valence-corrected chi connectivity index (χ1v) is 7.63. The number of nitrogens with one attached hydrogen (secondary N) is 2. The molecule has 0 heterocycles. The van der Waals surface area contributed by atoms with Crippen molar-refractivity contribution < 1.29 is 0 Å². The topological polar surface area (TPSA) is 39.7 Å². The quantitative estimate of drug-likeness (QED) is 0.271. The fraction of sp³-hybridized carbons (Fsp3) is 0.933. The third-order valence-electron chi connectivity index (χ3n) is 3.50. The molecule has 0 radical (unpaired) electrons. The van der Waals surface area contributed by atoms with Gasteiger partial charge in [0.25, 0.3) is 0 Å². The molecule has 0 spiro atoms. The Kier molecular flexibility index (Phi) is 14.1. The van der Waals surface area contributed by atoms with E-state index in [1.807, 2.05) is 0 Å². The average Bonchev–Trinajstić information content (AvgIpc) is 2.35. The van der Waals surface area contributed by atoms with Gasteiger partial charge < -0.3 is 15.5 Å². The molecule has 4 nitrogen and oxygen atoms in total.